The minimum Gasteiger partial charge on any atom is -0.402 e. The Balaban J connectivity index is 1.82. The summed E-state index contributed by atoms with van der Waals surface area (Å²) < 4.78 is 12.1. The third-order valence-corrected chi connectivity index (χ3v) is 6.59. The molecule has 1 aromatic carbocycles. The van der Waals surface area contributed by atoms with E-state index in [1.807, 2.05) is 44.2 Å². The Hall–Kier alpha value is -2.90. The number of aliphatic hydroxyl groups is 3. The molecule has 1 saturated heterocycles. The van der Waals surface area contributed by atoms with Crippen LogP contribution in [0.25, 0.3) is 0 Å². The van der Waals surface area contributed by atoms with Gasteiger partial charge >= 0.3 is 7.12 Å². The minimum absolute atomic E-state index is 0.0580. The SMILES string of the molecule is CCC(O)C1OB(C(CC(C)C)NC(=O)C(Cc2ccccc2)NC(=O)c2cnccn2)OC1C(O)CCO. The standard InChI is InChI=1S/C27H39BN4O7/c1-4-21(34)24-25(22(35)10-13-33)39-28(38-24)23(14-17(2)3)32-26(36)19(15-18-8-6-5-7-9-18)31-27(37)20-16-29-11-12-30-20/h5-9,11-12,16-17,19,21-25,33-35H,4,10,13-15H2,1-3H3,(H,31,37)(H,32,36). The molecule has 11 nitrogen and oxygen atoms in total. The van der Waals surface area contributed by atoms with Crippen LogP contribution >= 0.6 is 0 Å². The smallest absolute Gasteiger partial charge is 0.402 e. The van der Waals surface area contributed by atoms with Gasteiger partial charge in [0, 0.05) is 25.4 Å². The summed E-state index contributed by atoms with van der Waals surface area (Å²) in [4.78, 5) is 34.5. The zero-order valence-corrected chi connectivity index (χ0v) is 22.6. The van der Waals surface area contributed by atoms with E-state index in [1.54, 1.807) is 6.92 Å². The molecule has 2 amide bonds. The molecule has 2 heterocycles. The Morgan fingerprint density at radius 2 is 1.74 bits per heavy atom. The van der Waals surface area contributed by atoms with Crippen molar-refractivity contribution < 1.29 is 34.2 Å². The number of carbonyl (C=O) groups excluding carboxylic acids is 2. The molecule has 1 aliphatic rings. The first-order valence-electron chi connectivity index (χ1n) is 13.4. The third-order valence-electron chi connectivity index (χ3n) is 6.59. The molecule has 0 saturated carbocycles. The van der Waals surface area contributed by atoms with Crippen LogP contribution in [-0.2, 0) is 20.5 Å². The summed E-state index contributed by atoms with van der Waals surface area (Å²) in [7, 11) is -0.950. The van der Waals surface area contributed by atoms with Crippen molar-refractivity contribution in [2.75, 3.05) is 6.61 Å². The monoisotopic (exact) mass is 542 g/mol. The number of hydrogen-bond donors (Lipinski definition) is 5. The van der Waals surface area contributed by atoms with Crippen LogP contribution in [-0.4, -0.2) is 87.2 Å². The molecule has 0 bridgehead atoms. The molecule has 0 spiro atoms. The van der Waals surface area contributed by atoms with Crippen molar-refractivity contribution >= 4 is 18.9 Å². The molecule has 1 aromatic heterocycles. The molecule has 1 aliphatic heterocycles. The number of aliphatic hydroxyl groups excluding tert-OH is 3. The molecule has 2 aromatic rings. The molecule has 0 radical (unpaired) electrons. The zero-order chi connectivity index (χ0) is 28.4. The van der Waals surface area contributed by atoms with E-state index < -0.39 is 55.3 Å². The molecule has 0 aliphatic carbocycles. The number of nitrogens with one attached hydrogen (secondary N) is 2. The van der Waals surface area contributed by atoms with Crippen LogP contribution in [0.5, 0.6) is 0 Å². The zero-order valence-electron chi connectivity index (χ0n) is 22.6. The summed E-state index contributed by atoms with van der Waals surface area (Å²) in [6, 6.07) is 8.38. The predicted octanol–water partition coefficient (Wildman–Crippen LogP) is 0.674. The minimum atomic E-state index is -1.06. The third kappa shape index (κ3) is 8.80. The maximum atomic E-state index is 13.6. The summed E-state index contributed by atoms with van der Waals surface area (Å²) in [5.74, 6) is -1.48. The van der Waals surface area contributed by atoms with Crippen molar-refractivity contribution in [2.24, 2.45) is 5.92 Å². The van der Waals surface area contributed by atoms with Gasteiger partial charge in [-0.2, -0.15) is 0 Å². The topological polar surface area (TPSA) is 163 Å². The van der Waals surface area contributed by atoms with E-state index in [4.69, 9.17) is 9.31 Å². The van der Waals surface area contributed by atoms with Crippen molar-refractivity contribution in [1.29, 1.82) is 0 Å². The average molecular weight is 542 g/mol. The molecule has 6 atom stereocenters. The van der Waals surface area contributed by atoms with Gasteiger partial charge in [-0.25, -0.2) is 4.98 Å². The number of aromatic nitrogens is 2. The van der Waals surface area contributed by atoms with Gasteiger partial charge in [-0.05, 0) is 30.7 Å². The number of benzene rings is 1. The van der Waals surface area contributed by atoms with Crippen molar-refractivity contribution in [2.45, 2.75) is 82.9 Å². The number of carbonyl (C=O) groups is 2. The van der Waals surface area contributed by atoms with Gasteiger partial charge in [-0.15, -0.1) is 0 Å². The number of amides is 2. The van der Waals surface area contributed by atoms with Crippen molar-refractivity contribution in [3.63, 3.8) is 0 Å². The van der Waals surface area contributed by atoms with Crippen molar-refractivity contribution in [3.8, 4) is 0 Å². The molecule has 6 unspecified atom stereocenters. The van der Waals surface area contributed by atoms with Gasteiger partial charge in [-0.3, -0.25) is 14.6 Å². The summed E-state index contributed by atoms with van der Waals surface area (Å²) >= 11 is 0. The lowest BCUT2D eigenvalue weighted by atomic mass is 9.74. The van der Waals surface area contributed by atoms with E-state index in [-0.39, 0.29) is 31.1 Å². The lowest BCUT2D eigenvalue weighted by Gasteiger charge is -2.26. The van der Waals surface area contributed by atoms with E-state index in [9.17, 15) is 24.9 Å². The second-order valence-corrected chi connectivity index (χ2v) is 10.2. The van der Waals surface area contributed by atoms with Crippen molar-refractivity contribution in [1.82, 2.24) is 20.6 Å². The van der Waals surface area contributed by atoms with Crippen LogP contribution in [0.15, 0.2) is 48.9 Å². The first kappa shape index (κ1) is 30.6. The van der Waals surface area contributed by atoms with E-state index in [0.29, 0.717) is 12.8 Å². The highest BCUT2D eigenvalue weighted by Gasteiger charge is 2.49. The first-order chi connectivity index (χ1) is 18.7. The number of rotatable bonds is 14. The summed E-state index contributed by atoms with van der Waals surface area (Å²) in [5, 5.41) is 36.2. The lowest BCUT2D eigenvalue weighted by Crippen LogP contribution is -2.55. The van der Waals surface area contributed by atoms with Crippen LogP contribution in [0.4, 0.5) is 0 Å². The Morgan fingerprint density at radius 3 is 2.33 bits per heavy atom. The fraction of sp³-hybridized carbons (Fsp3) is 0.556. The summed E-state index contributed by atoms with van der Waals surface area (Å²) in [6.07, 6.45) is 1.66. The average Bonchev–Trinajstić information content (AvgIpc) is 3.38. The quantitative estimate of drug-likeness (QED) is 0.216. The molecular weight excluding hydrogens is 503 g/mol. The lowest BCUT2D eigenvalue weighted by molar-refractivity contribution is -0.123. The van der Waals surface area contributed by atoms with E-state index in [2.05, 4.69) is 20.6 Å². The highest BCUT2D eigenvalue weighted by Crippen LogP contribution is 2.28. The molecule has 5 N–H and O–H groups in total. The molecule has 1 fully saturated rings. The van der Waals surface area contributed by atoms with Gasteiger partial charge in [0.25, 0.3) is 5.91 Å². The molecular formula is C27H39BN4O7. The molecule has 3 rings (SSSR count). The van der Waals surface area contributed by atoms with Crippen LogP contribution in [0.2, 0.25) is 0 Å². The maximum Gasteiger partial charge on any atom is 0.481 e. The van der Waals surface area contributed by atoms with Gasteiger partial charge in [0.2, 0.25) is 5.91 Å². The first-order valence-corrected chi connectivity index (χ1v) is 13.4. The van der Waals surface area contributed by atoms with Gasteiger partial charge in [0.15, 0.2) is 0 Å². The summed E-state index contributed by atoms with van der Waals surface area (Å²) in [6.45, 7) is 5.52. The largest absolute Gasteiger partial charge is 0.481 e. The highest BCUT2D eigenvalue weighted by molar-refractivity contribution is 6.47. The van der Waals surface area contributed by atoms with E-state index in [0.717, 1.165) is 5.56 Å². The van der Waals surface area contributed by atoms with Gasteiger partial charge in [-0.1, -0.05) is 51.1 Å². The van der Waals surface area contributed by atoms with Crippen LogP contribution in [0.1, 0.15) is 56.1 Å². The van der Waals surface area contributed by atoms with Gasteiger partial charge < -0.3 is 35.3 Å². The predicted molar refractivity (Wildman–Crippen MR) is 144 cm³/mol. The fourth-order valence-electron chi connectivity index (χ4n) is 4.57. The van der Waals surface area contributed by atoms with E-state index in [1.165, 1.54) is 18.6 Å². The normalized spacial score (nSPS) is 20.3. The maximum absolute atomic E-state index is 13.6. The molecule has 212 valence electrons. The second-order valence-electron chi connectivity index (χ2n) is 10.2. The van der Waals surface area contributed by atoms with Gasteiger partial charge in [0.1, 0.15) is 11.7 Å². The van der Waals surface area contributed by atoms with Crippen LogP contribution in [0.3, 0.4) is 0 Å². The second kappa shape index (κ2) is 15.0. The number of nitrogens with zero attached hydrogens (tertiary/aromatic N) is 2. The van der Waals surface area contributed by atoms with E-state index >= 15 is 0 Å². The Labute approximate surface area is 229 Å². The Bertz CT molecular complexity index is 1030. The van der Waals surface area contributed by atoms with Crippen molar-refractivity contribution in [3.05, 3.63) is 60.2 Å². The Morgan fingerprint density at radius 1 is 1.05 bits per heavy atom. The Kier molecular flexibility index (Phi) is 11.8. The highest BCUT2D eigenvalue weighted by atomic mass is 16.7. The molecule has 12 heteroatoms. The van der Waals surface area contributed by atoms with Crippen LogP contribution < -0.4 is 10.6 Å². The fourth-order valence-corrected chi connectivity index (χ4v) is 4.57. The number of hydrogen-bond acceptors (Lipinski definition) is 9. The summed E-state index contributed by atoms with van der Waals surface area (Å²) in [5.41, 5.74) is 0.936. The van der Waals surface area contributed by atoms with Gasteiger partial charge in [0.05, 0.1) is 36.6 Å². The van der Waals surface area contributed by atoms with Crippen LogP contribution in [0, 0.1) is 5.92 Å². The molecule has 39 heavy (non-hydrogen) atoms.